The van der Waals surface area contributed by atoms with Crippen LogP contribution in [0.5, 0.6) is 0 Å². The van der Waals surface area contributed by atoms with Crippen molar-refractivity contribution in [3.8, 4) is 0 Å². The van der Waals surface area contributed by atoms with Crippen molar-refractivity contribution in [3.63, 3.8) is 0 Å². The van der Waals surface area contributed by atoms with Crippen molar-refractivity contribution in [1.29, 1.82) is 0 Å². The van der Waals surface area contributed by atoms with Crippen molar-refractivity contribution in [3.05, 3.63) is 22.3 Å². The molecule has 2 aliphatic rings. The molecule has 4 N–H and O–H groups in total. The number of aromatic nitrogens is 1. The van der Waals surface area contributed by atoms with E-state index in [0.717, 1.165) is 22.9 Å². The third-order valence-corrected chi connectivity index (χ3v) is 4.62. The summed E-state index contributed by atoms with van der Waals surface area (Å²) in [5.41, 5.74) is 2.95. The number of hydrogen-bond donors (Lipinski definition) is 3. The van der Waals surface area contributed by atoms with Crippen molar-refractivity contribution >= 4 is 27.7 Å². The molecule has 0 bridgehead atoms. The average molecular weight is 339 g/mol. The number of carbonyl (C=O) groups is 1. The van der Waals surface area contributed by atoms with Crippen molar-refractivity contribution < 1.29 is 4.79 Å². The van der Waals surface area contributed by atoms with Gasteiger partial charge in [-0.15, -0.1) is 0 Å². The van der Waals surface area contributed by atoms with E-state index < -0.39 is 0 Å². The fourth-order valence-corrected chi connectivity index (χ4v) is 3.13. The predicted octanol–water partition coefficient (Wildman–Crippen LogP) is 2.30. The van der Waals surface area contributed by atoms with Gasteiger partial charge in [0.15, 0.2) is 5.82 Å². The maximum atomic E-state index is 12.3. The molecule has 0 atom stereocenters. The number of amides is 1. The highest BCUT2D eigenvalue weighted by Gasteiger charge is 2.41. The average Bonchev–Trinajstić information content (AvgIpc) is 3.31. The Balaban J connectivity index is 1.64. The van der Waals surface area contributed by atoms with Crippen LogP contribution in [0.3, 0.4) is 0 Å². The van der Waals surface area contributed by atoms with Crippen LogP contribution in [-0.4, -0.2) is 17.4 Å². The summed E-state index contributed by atoms with van der Waals surface area (Å²) in [6.07, 6.45) is 6.91. The minimum Gasteiger partial charge on any atom is -0.352 e. The number of nitrogens with zero attached hydrogens (tertiary/aromatic N) is 1. The summed E-state index contributed by atoms with van der Waals surface area (Å²) < 4.78 is 0.766. The van der Waals surface area contributed by atoms with Gasteiger partial charge in [-0.25, -0.2) is 10.8 Å². The van der Waals surface area contributed by atoms with E-state index in [-0.39, 0.29) is 5.91 Å². The monoisotopic (exact) mass is 338 g/mol. The number of carbonyl (C=O) groups excluding carboxylic acids is 1. The second kappa shape index (κ2) is 5.69. The molecule has 5 nitrogen and oxygen atoms in total. The smallest absolute Gasteiger partial charge is 0.255 e. The van der Waals surface area contributed by atoms with E-state index in [1.807, 2.05) is 0 Å². The van der Waals surface area contributed by atoms with E-state index in [0.29, 0.717) is 17.3 Å². The van der Waals surface area contributed by atoms with Gasteiger partial charge in [-0.2, -0.15) is 0 Å². The van der Waals surface area contributed by atoms with Gasteiger partial charge in [0.2, 0.25) is 0 Å². The normalized spacial score (nSPS) is 18.1. The van der Waals surface area contributed by atoms with E-state index in [1.165, 1.54) is 25.7 Å². The van der Waals surface area contributed by atoms with Gasteiger partial charge in [-0.1, -0.05) is 0 Å². The Kier molecular flexibility index (Phi) is 3.94. The molecule has 0 aromatic carbocycles. The molecule has 1 amide bonds. The van der Waals surface area contributed by atoms with Crippen LogP contribution in [0.15, 0.2) is 16.7 Å². The number of hydrogen-bond acceptors (Lipinski definition) is 4. The molecule has 1 aromatic heterocycles. The Morgan fingerprint density at radius 1 is 1.40 bits per heavy atom. The highest BCUT2D eigenvalue weighted by molar-refractivity contribution is 9.10. The van der Waals surface area contributed by atoms with E-state index in [2.05, 4.69) is 31.7 Å². The van der Waals surface area contributed by atoms with Gasteiger partial charge < -0.3 is 10.7 Å². The van der Waals surface area contributed by atoms with Gasteiger partial charge in [0.25, 0.3) is 5.91 Å². The van der Waals surface area contributed by atoms with Gasteiger partial charge >= 0.3 is 0 Å². The summed E-state index contributed by atoms with van der Waals surface area (Å²) in [6.45, 7) is 0.769. The van der Waals surface area contributed by atoms with Gasteiger partial charge in [0.1, 0.15) is 0 Å². The van der Waals surface area contributed by atoms with Gasteiger partial charge in [-0.3, -0.25) is 4.79 Å². The van der Waals surface area contributed by atoms with Crippen LogP contribution in [0.1, 0.15) is 36.0 Å². The topological polar surface area (TPSA) is 80.0 Å². The molecule has 0 saturated heterocycles. The predicted molar refractivity (Wildman–Crippen MR) is 81.0 cm³/mol. The van der Waals surface area contributed by atoms with Gasteiger partial charge in [0.05, 0.1) is 5.56 Å². The molecule has 6 heteroatoms. The zero-order chi connectivity index (χ0) is 14.1. The van der Waals surface area contributed by atoms with E-state index in [4.69, 9.17) is 5.84 Å². The highest BCUT2D eigenvalue weighted by Crippen LogP contribution is 2.48. The first-order valence-corrected chi connectivity index (χ1v) is 7.88. The molecule has 0 aliphatic heterocycles. The molecule has 2 aliphatic carbocycles. The molecule has 2 saturated carbocycles. The van der Waals surface area contributed by atoms with Gasteiger partial charge in [0, 0.05) is 17.2 Å². The number of nitrogen functional groups attached to an aromatic ring is 1. The first-order valence-electron chi connectivity index (χ1n) is 7.09. The molecule has 3 rings (SSSR count). The fraction of sp³-hybridized carbons (Fsp3) is 0.571. The largest absolute Gasteiger partial charge is 0.352 e. The lowest BCUT2D eigenvalue weighted by molar-refractivity contribution is 0.0944. The third-order valence-electron chi connectivity index (χ3n) is 4.19. The van der Waals surface area contributed by atoms with Crippen LogP contribution in [0, 0.1) is 17.8 Å². The standard InChI is InChI=1S/C14H19BrN4O/c15-10-5-11(13(19-16)17-6-10)14(20)18-7-12(8-1-2-8)9-3-4-9/h5-6,8-9,12H,1-4,7,16H2,(H,17,19)(H,18,20). The minimum absolute atomic E-state index is 0.113. The Labute approximate surface area is 126 Å². The van der Waals surface area contributed by atoms with E-state index in [9.17, 15) is 4.79 Å². The molecule has 0 spiro atoms. The zero-order valence-corrected chi connectivity index (χ0v) is 12.8. The molecule has 20 heavy (non-hydrogen) atoms. The van der Waals surface area contributed by atoms with Crippen LogP contribution in [0.4, 0.5) is 5.82 Å². The van der Waals surface area contributed by atoms with Crippen LogP contribution in [0.2, 0.25) is 0 Å². The number of nitrogens with two attached hydrogens (primary N) is 1. The minimum atomic E-state index is -0.113. The Morgan fingerprint density at radius 3 is 2.60 bits per heavy atom. The lowest BCUT2D eigenvalue weighted by Gasteiger charge is -2.17. The summed E-state index contributed by atoms with van der Waals surface area (Å²) >= 11 is 3.33. The number of pyridine rings is 1. The molecule has 0 unspecified atom stereocenters. The Hall–Kier alpha value is -1.14. The fourth-order valence-electron chi connectivity index (χ4n) is 2.80. The van der Waals surface area contributed by atoms with Crippen LogP contribution in [-0.2, 0) is 0 Å². The quantitative estimate of drug-likeness (QED) is 0.549. The second-order valence-electron chi connectivity index (χ2n) is 5.74. The van der Waals surface area contributed by atoms with Crippen molar-refractivity contribution in [2.75, 3.05) is 12.0 Å². The summed E-state index contributed by atoms with van der Waals surface area (Å²) in [4.78, 5) is 16.4. The molecular formula is C14H19BrN4O. The molecule has 0 radical (unpaired) electrons. The molecule has 108 valence electrons. The zero-order valence-electron chi connectivity index (χ0n) is 11.2. The number of anilines is 1. The number of hydrazine groups is 1. The SMILES string of the molecule is NNc1ncc(Br)cc1C(=O)NCC(C1CC1)C1CC1. The summed E-state index contributed by atoms with van der Waals surface area (Å²) in [5.74, 6) is 8.01. The van der Waals surface area contributed by atoms with Crippen molar-refractivity contribution in [2.24, 2.45) is 23.6 Å². The van der Waals surface area contributed by atoms with Crippen LogP contribution >= 0.6 is 15.9 Å². The first kappa shape index (κ1) is 13.8. The first-order chi connectivity index (χ1) is 9.69. The lowest BCUT2D eigenvalue weighted by atomic mass is 9.98. The Morgan fingerprint density at radius 2 is 2.05 bits per heavy atom. The summed E-state index contributed by atoms with van der Waals surface area (Å²) in [6, 6.07) is 1.74. The highest BCUT2D eigenvalue weighted by atomic mass is 79.9. The molecular weight excluding hydrogens is 320 g/mol. The molecule has 2 fully saturated rings. The molecule has 1 heterocycles. The Bertz CT molecular complexity index is 502. The van der Waals surface area contributed by atoms with Crippen molar-refractivity contribution in [1.82, 2.24) is 10.3 Å². The molecule has 1 aromatic rings. The number of rotatable bonds is 6. The van der Waals surface area contributed by atoms with Crippen molar-refractivity contribution in [2.45, 2.75) is 25.7 Å². The third kappa shape index (κ3) is 3.12. The maximum absolute atomic E-state index is 12.3. The summed E-state index contributed by atoms with van der Waals surface area (Å²) in [7, 11) is 0. The van der Waals surface area contributed by atoms with Crippen LogP contribution < -0.4 is 16.6 Å². The van der Waals surface area contributed by atoms with E-state index in [1.54, 1.807) is 12.3 Å². The number of halogens is 1. The van der Waals surface area contributed by atoms with E-state index >= 15 is 0 Å². The number of nitrogens with one attached hydrogen (secondary N) is 2. The second-order valence-corrected chi connectivity index (χ2v) is 6.66. The lowest BCUT2D eigenvalue weighted by Crippen LogP contribution is -2.32. The van der Waals surface area contributed by atoms with Crippen LogP contribution in [0.25, 0.3) is 0 Å². The van der Waals surface area contributed by atoms with Gasteiger partial charge in [-0.05, 0) is 65.4 Å². The maximum Gasteiger partial charge on any atom is 0.255 e. The summed E-state index contributed by atoms with van der Waals surface area (Å²) in [5, 5.41) is 3.05.